The van der Waals surface area contributed by atoms with Gasteiger partial charge < -0.3 is 19.1 Å². The van der Waals surface area contributed by atoms with Gasteiger partial charge in [0.05, 0.1) is 30.6 Å². The van der Waals surface area contributed by atoms with Crippen LogP contribution in [0.5, 0.6) is 10.8 Å². The Kier molecular flexibility index (Phi) is 5.49. The van der Waals surface area contributed by atoms with Crippen LogP contribution in [0.3, 0.4) is 0 Å². The summed E-state index contributed by atoms with van der Waals surface area (Å²) in [5, 5.41) is 10.0. The predicted molar refractivity (Wildman–Crippen MR) is 99.7 cm³/mol. The molecule has 0 saturated heterocycles. The van der Waals surface area contributed by atoms with Crippen LogP contribution in [-0.4, -0.2) is 29.1 Å². The van der Waals surface area contributed by atoms with Crippen LogP contribution < -0.4 is 9.47 Å². The predicted octanol–water partition coefficient (Wildman–Crippen LogP) is 5.25. The van der Waals surface area contributed by atoms with Gasteiger partial charge in [0.2, 0.25) is 0 Å². The fourth-order valence-corrected chi connectivity index (χ4v) is 4.14. The zero-order valence-electron chi connectivity index (χ0n) is 14.8. The summed E-state index contributed by atoms with van der Waals surface area (Å²) in [4.78, 5) is 11.9. The van der Waals surface area contributed by atoms with Crippen molar-refractivity contribution in [3.05, 3.63) is 45.4 Å². The Morgan fingerprint density at radius 1 is 1.32 bits per heavy atom. The molecule has 0 aliphatic heterocycles. The van der Waals surface area contributed by atoms with E-state index in [9.17, 15) is 23.1 Å². The number of thiophene rings is 1. The highest BCUT2D eigenvalue weighted by molar-refractivity contribution is 7.13. The number of alkyl halides is 3. The van der Waals surface area contributed by atoms with E-state index in [2.05, 4.69) is 4.74 Å². The topological polar surface area (TPSA) is 60.7 Å². The molecular weight excluding hydrogens is 419 g/mol. The van der Waals surface area contributed by atoms with E-state index in [-0.39, 0.29) is 18.0 Å². The molecule has 3 rings (SSSR count). The van der Waals surface area contributed by atoms with E-state index < -0.39 is 12.3 Å². The number of aromatic nitrogens is 1. The van der Waals surface area contributed by atoms with Crippen LogP contribution >= 0.6 is 22.9 Å². The summed E-state index contributed by atoms with van der Waals surface area (Å²) >= 11 is 7.10. The van der Waals surface area contributed by atoms with Crippen LogP contribution in [0.4, 0.5) is 13.2 Å². The van der Waals surface area contributed by atoms with Gasteiger partial charge in [0.15, 0.2) is 5.06 Å². The summed E-state index contributed by atoms with van der Waals surface area (Å²) in [7, 11) is 1.46. The van der Waals surface area contributed by atoms with Crippen LogP contribution in [0.15, 0.2) is 24.3 Å². The van der Waals surface area contributed by atoms with Gasteiger partial charge in [-0.3, -0.25) is 4.79 Å². The second-order valence-electron chi connectivity index (χ2n) is 5.99. The number of benzene rings is 1. The maximum absolute atomic E-state index is 12.4. The van der Waals surface area contributed by atoms with Gasteiger partial charge in [-0.15, -0.1) is 24.5 Å². The maximum Gasteiger partial charge on any atom is 0.573 e. The van der Waals surface area contributed by atoms with Crippen molar-refractivity contribution in [2.45, 2.75) is 26.3 Å². The van der Waals surface area contributed by atoms with Crippen molar-refractivity contribution in [2.24, 2.45) is 0 Å². The smallest absolute Gasteiger partial charge is 0.495 e. The van der Waals surface area contributed by atoms with Crippen molar-refractivity contribution in [3.63, 3.8) is 0 Å². The van der Waals surface area contributed by atoms with Crippen LogP contribution in [0.25, 0.3) is 10.9 Å². The Bertz CT molecular complexity index is 1040. The third-order valence-electron chi connectivity index (χ3n) is 4.22. The van der Waals surface area contributed by atoms with Crippen LogP contribution in [0.1, 0.15) is 16.1 Å². The minimum Gasteiger partial charge on any atom is -0.495 e. The van der Waals surface area contributed by atoms with Crippen molar-refractivity contribution in [1.29, 1.82) is 0 Å². The summed E-state index contributed by atoms with van der Waals surface area (Å²) in [6.07, 6.45) is -4.95. The molecule has 2 heterocycles. The first-order valence-electron chi connectivity index (χ1n) is 8.00. The van der Waals surface area contributed by atoms with Gasteiger partial charge in [0.1, 0.15) is 5.75 Å². The minimum absolute atomic E-state index is 0.201. The van der Waals surface area contributed by atoms with Crippen LogP contribution in [0, 0.1) is 6.92 Å². The number of carboxylic acid groups (broad SMARTS) is 1. The summed E-state index contributed by atoms with van der Waals surface area (Å²) in [5.74, 6) is -0.581. The third kappa shape index (κ3) is 4.20. The molecule has 0 bridgehead atoms. The lowest BCUT2D eigenvalue weighted by Crippen LogP contribution is -2.16. The summed E-state index contributed by atoms with van der Waals surface area (Å²) in [6.45, 7) is 2.01. The second kappa shape index (κ2) is 7.56. The third-order valence-corrected chi connectivity index (χ3v) is 5.47. The number of halogens is 4. The minimum atomic E-state index is -4.75. The molecule has 2 aromatic heterocycles. The van der Waals surface area contributed by atoms with Crippen LogP contribution in [0.2, 0.25) is 5.02 Å². The number of nitrogens with zero attached hydrogens (tertiary/aromatic N) is 1. The Morgan fingerprint density at radius 2 is 2.04 bits per heavy atom. The quantitative estimate of drug-likeness (QED) is 0.577. The molecule has 10 heteroatoms. The molecule has 0 spiro atoms. The van der Waals surface area contributed by atoms with Gasteiger partial charge in [-0.1, -0.05) is 11.6 Å². The summed E-state index contributed by atoms with van der Waals surface area (Å²) in [6, 6.07) is 6.13. The maximum atomic E-state index is 12.4. The average Bonchev–Trinajstić information content (AvgIpc) is 3.10. The number of methoxy groups -OCH3 is 1. The number of aliphatic carboxylic acids is 1. The Balaban J connectivity index is 2.06. The number of ether oxygens (including phenoxy) is 2. The molecule has 0 aliphatic carbocycles. The molecule has 1 N–H and O–H groups in total. The van der Waals surface area contributed by atoms with Gasteiger partial charge in [0.25, 0.3) is 0 Å². The molecule has 0 saturated carbocycles. The molecule has 1 aromatic carbocycles. The first kappa shape index (κ1) is 20.3. The monoisotopic (exact) mass is 433 g/mol. The normalized spacial score (nSPS) is 11.8. The molecular formula is C18H15ClF3NO4S. The number of hydrogen-bond acceptors (Lipinski definition) is 4. The van der Waals surface area contributed by atoms with E-state index in [4.69, 9.17) is 16.3 Å². The molecule has 0 radical (unpaired) electrons. The van der Waals surface area contributed by atoms with E-state index >= 15 is 0 Å². The Morgan fingerprint density at radius 3 is 2.64 bits per heavy atom. The Hall–Kier alpha value is -2.39. The lowest BCUT2D eigenvalue weighted by atomic mass is 10.1. The summed E-state index contributed by atoms with van der Waals surface area (Å²) in [5.41, 5.74) is 1.96. The zero-order valence-corrected chi connectivity index (χ0v) is 16.3. The molecule has 150 valence electrons. The van der Waals surface area contributed by atoms with Crippen molar-refractivity contribution in [1.82, 2.24) is 4.57 Å². The van der Waals surface area contributed by atoms with E-state index in [0.717, 1.165) is 11.3 Å². The molecule has 0 amide bonds. The Labute approximate surface area is 166 Å². The molecule has 28 heavy (non-hydrogen) atoms. The summed E-state index contributed by atoms with van der Waals surface area (Å²) < 4.78 is 48.1. The number of carboxylic acids is 1. The second-order valence-corrected chi connectivity index (χ2v) is 7.53. The number of carbonyl (C=O) groups is 1. The molecule has 0 unspecified atom stereocenters. The fraction of sp³-hybridized carbons (Fsp3) is 0.278. The molecule has 0 fully saturated rings. The van der Waals surface area contributed by atoms with E-state index in [0.29, 0.717) is 37.8 Å². The number of fused-ring (bicyclic) bond motifs is 1. The lowest BCUT2D eigenvalue weighted by Gasteiger charge is -2.09. The number of hydrogen-bond donors (Lipinski definition) is 1. The molecule has 5 nitrogen and oxygen atoms in total. The van der Waals surface area contributed by atoms with Gasteiger partial charge in [-0.2, -0.15) is 0 Å². The van der Waals surface area contributed by atoms with Gasteiger partial charge >= 0.3 is 12.3 Å². The van der Waals surface area contributed by atoms with E-state index in [1.165, 1.54) is 13.2 Å². The standard InChI is InChI=1S/C18H15ClF3NO4S/c1-9-11(6-16(24)25)12-5-15(26-2)13(19)7-14(12)23(9)8-10-3-4-17(28-10)27-18(20,21)22/h3-5,7H,6,8H2,1-2H3,(H,24,25). The SMILES string of the molecule is COc1cc2c(CC(=O)O)c(C)n(Cc3ccc(OC(F)(F)F)s3)c2cc1Cl. The highest BCUT2D eigenvalue weighted by Crippen LogP contribution is 2.37. The largest absolute Gasteiger partial charge is 0.573 e. The van der Waals surface area contributed by atoms with E-state index in [1.807, 2.05) is 4.57 Å². The van der Waals surface area contributed by atoms with Gasteiger partial charge in [-0.05, 0) is 36.8 Å². The number of rotatable bonds is 6. The average molecular weight is 434 g/mol. The van der Waals surface area contributed by atoms with E-state index in [1.54, 1.807) is 25.1 Å². The fourth-order valence-electron chi connectivity index (χ4n) is 3.05. The zero-order chi connectivity index (χ0) is 20.6. The van der Waals surface area contributed by atoms with Gasteiger partial charge in [-0.25, -0.2) is 0 Å². The van der Waals surface area contributed by atoms with Crippen LogP contribution in [-0.2, 0) is 17.8 Å². The first-order chi connectivity index (χ1) is 13.1. The molecule has 0 aliphatic rings. The first-order valence-corrected chi connectivity index (χ1v) is 9.20. The highest BCUT2D eigenvalue weighted by atomic mass is 35.5. The molecule has 3 aromatic rings. The molecule has 0 atom stereocenters. The van der Waals surface area contributed by atoms with Crippen molar-refractivity contribution in [2.75, 3.05) is 7.11 Å². The highest BCUT2D eigenvalue weighted by Gasteiger charge is 2.31. The van der Waals surface area contributed by atoms with Crippen molar-refractivity contribution >= 4 is 39.8 Å². The van der Waals surface area contributed by atoms with Crippen molar-refractivity contribution < 1.29 is 32.5 Å². The van der Waals surface area contributed by atoms with Gasteiger partial charge in [0, 0.05) is 16.0 Å². The van der Waals surface area contributed by atoms with Crippen molar-refractivity contribution in [3.8, 4) is 10.8 Å². The lowest BCUT2D eigenvalue weighted by molar-refractivity contribution is -0.273.